The average molecular weight is 524 g/mol. The second-order valence-electron chi connectivity index (χ2n) is 10.1. The number of piperazine rings is 2. The highest BCUT2D eigenvalue weighted by Crippen LogP contribution is 2.33. The lowest BCUT2D eigenvalue weighted by molar-refractivity contribution is -0.136. The highest BCUT2D eigenvalue weighted by molar-refractivity contribution is 7.89. The number of anilines is 1. The number of nitrogens with zero attached hydrogens (tertiary/aromatic N) is 5. The second kappa shape index (κ2) is 9.97. The van der Waals surface area contributed by atoms with Gasteiger partial charge in [-0.3, -0.25) is 4.79 Å². The Hall–Kier alpha value is -3.12. The number of carbonyl (C=O) groups excluding carboxylic acids is 1. The Morgan fingerprint density at radius 2 is 1.59 bits per heavy atom. The number of hydrogen-bond donors (Lipinski definition) is 2. The molecule has 3 aromatic rings. The van der Waals surface area contributed by atoms with Gasteiger partial charge in [-0.15, -0.1) is 10.2 Å². The Morgan fingerprint density at radius 3 is 2.27 bits per heavy atom. The Labute approximate surface area is 217 Å². The van der Waals surface area contributed by atoms with Gasteiger partial charge in [0.1, 0.15) is 5.69 Å². The van der Waals surface area contributed by atoms with Crippen LogP contribution in [0, 0.1) is 0 Å². The summed E-state index contributed by atoms with van der Waals surface area (Å²) in [6.45, 7) is 8.00. The molecule has 11 heteroatoms. The number of amides is 1. The van der Waals surface area contributed by atoms with E-state index in [9.17, 15) is 13.2 Å². The van der Waals surface area contributed by atoms with Gasteiger partial charge in [0, 0.05) is 68.7 Å². The zero-order chi connectivity index (χ0) is 26.2. The molecule has 0 atom stereocenters. The Kier molecular flexibility index (Phi) is 6.88. The summed E-state index contributed by atoms with van der Waals surface area (Å²) in [5, 5.41) is 14.2. The van der Waals surface area contributed by atoms with Gasteiger partial charge in [-0.1, -0.05) is 36.4 Å². The van der Waals surface area contributed by atoms with Crippen LogP contribution in [0.2, 0.25) is 0 Å². The van der Waals surface area contributed by atoms with Crippen molar-refractivity contribution in [2.45, 2.75) is 24.3 Å². The van der Waals surface area contributed by atoms with E-state index in [0.717, 1.165) is 16.6 Å². The van der Waals surface area contributed by atoms with Crippen LogP contribution in [-0.2, 0) is 14.8 Å². The number of sulfonamides is 1. The van der Waals surface area contributed by atoms with E-state index in [-0.39, 0.29) is 10.8 Å². The maximum Gasteiger partial charge on any atom is 0.243 e. The van der Waals surface area contributed by atoms with Gasteiger partial charge in [-0.05, 0) is 26.0 Å². The molecule has 196 valence electrons. The summed E-state index contributed by atoms with van der Waals surface area (Å²) in [6.07, 6.45) is 0. The molecule has 3 heterocycles. The molecular weight excluding hydrogens is 490 g/mol. The monoisotopic (exact) mass is 523 g/mol. The van der Waals surface area contributed by atoms with Crippen LogP contribution >= 0.6 is 0 Å². The zero-order valence-corrected chi connectivity index (χ0v) is 22.0. The van der Waals surface area contributed by atoms with Crippen molar-refractivity contribution < 1.29 is 13.2 Å². The minimum absolute atomic E-state index is 0.0610. The lowest BCUT2D eigenvalue weighted by Crippen LogP contribution is -2.57. The van der Waals surface area contributed by atoms with E-state index in [4.69, 9.17) is 5.73 Å². The average Bonchev–Trinajstić information content (AvgIpc) is 2.92. The molecule has 0 saturated carbocycles. The van der Waals surface area contributed by atoms with Crippen LogP contribution in [0.3, 0.4) is 0 Å². The zero-order valence-electron chi connectivity index (χ0n) is 21.2. The molecule has 0 bridgehead atoms. The van der Waals surface area contributed by atoms with E-state index in [0.29, 0.717) is 63.6 Å². The molecule has 1 aromatic heterocycles. The molecule has 37 heavy (non-hydrogen) atoms. The summed E-state index contributed by atoms with van der Waals surface area (Å²) < 4.78 is 28.0. The lowest BCUT2D eigenvalue weighted by atomic mass is 10.0. The Bertz CT molecular complexity index is 1410. The molecule has 10 nitrogen and oxygen atoms in total. The third-order valence-electron chi connectivity index (χ3n) is 6.91. The molecule has 2 aromatic carbocycles. The van der Waals surface area contributed by atoms with Crippen molar-refractivity contribution in [1.82, 2.24) is 24.7 Å². The van der Waals surface area contributed by atoms with Crippen LogP contribution in [-0.4, -0.2) is 91.6 Å². The van der Waals surface area contributed by atoms with Gasteiger partial charge in [0.25, 0.3) is 0 Å². The summed E-state index contributed by atoms with van der Waals surface area (Å²) >= 11 is 0. The quantitative estimate of drug-likeness (QED) is 0.513. The van der Waals surface area contributed by atoms with Crippen LogP contribution in [0.1, 0.15) is 13.8 Å². The number of benzene rings is 2. The van der Waals surface area contributed by atoms with Crippen molar-refractivity contribution in [2.24, 2.45) is 5.73 Å². The highest BCUT2D eigenvalue weighted by atomic mass is 32.2. The molecule has 0 unspecified atom stereocenters. The summed E-state index contributed by atoms with van der Waals surface area (Å²) in [5.74, 6) is 0.692. The van der Waals surface area contributed by atoms with Crippen molar-refractivity contribution >= 4 is 32.5 Å². The standard InChI is InChI=1S/C26H33N7O3S/c1-26(2,27)25(34)32-16-14-31(15-17-32)24-22-9-4-3-8-21(22)23(29-30-24)19-6-5-7-20(18-19)37(35,36)33-12-10-28-11-13-33/h3-9,18,28H,10-17,27H2,1-2H3. The van der Waals surface area contributed by atoms with E-state index < -0.39 is 15.6 Å². The van der Waals surface area contributed by atoms with Gasteiger partial charge in [-0.25, -0.2) is 8.42 Å². The molecule has 0 radical (unpaired) electrons. The summed E-state index contributed by atoms with van der Waals surface area (Å²) in [5.41, 5.74) is 6.45. The SMILES string of the molecule is CC(C)(N)C(=O)N1CCN(c2nnc(-c3cccc(S(=O)(=O)N4CCNCC4)c3)c3ccccc23)CC1. The fourth-order valence-corrected chi connectivity index (χ4v) is 6.39. The smallest absolute Gasteiger partial charge is 0.243 e. The number of fused-ring (bicyclic) bond motifs is 1. The van der Waals surface area contributed by atoms with Crippen LogP contribution in [0.4, 0.5) is 5.82 Å². The minimum Gasteiger partial charge on any atom is -0.351 e. The molecule has 3 N–H and O–H groups in total. The fourth-order valence-electron chi connectivity index (χ4n) is 4.90. The van der Waals surface area contributed by atoms with E-state index in [1.807, 2.05) is 30.3 Å². The van der Waals surface area contributed by atoms with Crippen molar-refractivity contribution in [3.8, 4) is 11.3 Å². The maximum absolute atomic E-state index is 13.3. The number of aromatic nitrogens is 2. The first-order valence-electron chi connectivity index (χ1n) is 12.6. The molecule has 1 amide bonds. The van der Waals surface area contributed by atoms with Crippen LogP contribution in [0.5, 0.6) is 0 Å². The summed E-state index contributed by atoms with van der Waals surface area (Å²) in [4.78, 5) is 16.8. The van der Waals surface area contributed by atoms with Crippen molar-refractivity contribution in [3.05, 3.63) is 48.5 Å². The normalized spacial score (nSPS) is 17.8. The second-order valence-corrected chi connectivity index (χ2v) is 12.0. The maximum atomic E-state index is 13.3. The molecule has 2 aliphatic rings. The van der Waals surface area contributed by atoms with Crippen molar-refractivity contribution in [2.75, 3.05) is 57.3 Å². The van der Waals surface area contributed by atoms with E-state index in [2.05, 4.69) is 20.4 Å². The van der Waals surface area contributed by atoms with Gasteiger partial charge in [0.2, 0.25) is 15.9 Å². The van der Waals surface area contributed by atoms with Crippen LogP contribution in [0.15, 0.2) is 53.4 Å². The molecule has 0 aliphatic carbocycles. The van der Waals surface area contributed by atoms with Gasteiger partial charge in [0.05, 0.1) is 10.4 Å². The van der Waals surface area contributed by atoms with Crippen LogP contribution < -0.4 is 16.0 Å². The number of nitrogens with two attached hydrogens (primary N) is 1. The first-order valence-corrected chi connectivity index (χ1v) is 14.0. The number of hydrogen-bond acceptors (Lipinski definition) is 8. The topological polar surface area (TPSA) is 125 Å². The summed E-state index contributed by atoms with van der Waals surface area (Å²) in [6, 6.07) is 14.8. The van der Waals surface area contributed by atoms with E-state index in [1.54, 1.807) is 36.9 Å². The first kappa shape index (κ1) is 25.5. The molecule has 0 spiro atoms. The van der Waals surface area contributed by atoms with E-state index in [1.165, 1.54) is 4.31 Å². The fraction of sp³-hybridized carbons (Fsp3) is 0.423. The van der Waals surface area contributed by atoms with Crippen molar-refractivity contribution in [1.29, 1.82) is 0 Å². The molecular formula is C26H33N7O3S. The molecule has 2 fully saturated rings. The van der Waals surface area contributed by atoms with E-state index >= 15 is 0 Å². The lowest BCUT2D eigenvalue weighted by Gasteiger charge is -2.38. The van der Waals surface area contributed by atoms with Crippen molar-refractivity contribution in [3.63, 3.8) is 0 Å². The molecule has 2 aliphatic heterocycles. The Morgan fingerprint density at radius 1 is 0.919 bits per heavy atom. The number of carbonyl (C=O) groups is 1. The third-order valence-corrected chi connectivity index (χ3v) is 8.80. The predicted octanol–water partition coefficient (Wildman–Crippen LogP) is 1.28. The number of nitrogens with one attached hydrogen (secondary N) is 1. The number of rotatable bonds is 5. The minimum atomic E-state index is -3.60. The molecule has 5 rings (SSSR count). The Balaban J connectivity index is 1.45. The van der Waals surface area contributed by atoms with Crippen LogP contribution in [0.25, 0.3) is 22.0 Å². The largest absolute Gasteiger partial charge is 0.351 e. The summed E-state index contributed by atoms with van der Waals surface area (Å²) in [7, 11) is -3.60. The highest BCUT2D eigenvalue weighted by Gasteiger charge is 2.31. The first-order chi connectivity index (χ1) is 17.7. The predicted molar refractivity (Wildman–Crippen MR) is 144 cm³/mol. The molecule has 2 saturated heterocycles. The van der Waals surface area contributed by atoms with Gasteiger partial charge in [0.15, 0.2) is 5.82 Å². The van der Waals surface area contributed by atoms with Gasteiger partial charge < -0.3 is 20.9 Å². The van der Waals surface area contributed by atoms with Gasteiger partial charge >= 0.3 is 0 Å². The third kappa shape index (κ3) is 5.04. The van der Waals surface area contributed by atoms with Gasteiger partial charge in [-0.2, -0.15) is 4.31 Å².